The second-order valence-corrected chi connectivity index (χ2v) is 9.12. The summed E-state index contributed by atoms with van der Waals surface area (Å²) in [6.07, 6.45) is 21.3. The SMILES string of the molecule is CCCCCCCCCCCCCCCCCCOC(=O)C(Cc1ccccc1)C(N)=O. The Kier molecular flexibility index (Phi) is 17.5. The summed E-state index contributed by atoms with van der Waals surface area (Å²) in [5.41, 5.74) is 6.32. The minimum atomic E-state index is -0.904. The first-order valence-electron chi connectivity index (χ1n) is 13.1. The molecule has 2 N–H and O–H groups in total. The second-order valence-electron chi connectivity index (χ2n) is 9.12. The van der Waals surface area contributed by atoms with Crippen molar-refractivity contribution in [1.29, 1.82) is 0 Å². The lowest BCUT2D eigenvalue weighted by Crippen LogP contribution is -2.33. The van der Waals surface area contributed by atoms with E-state index in [1.54, 1.807) is 0 Å². The average Bonchev–Trinajstić information content (AvgIpc) is 2.79. The van der Waals surface area contributed by atoms with Gasteiger partial charge in [0.25, 0.3) is 0 Å². The van der Waals surface area contributed by atoms with Gasteiger partial charge in [0.05, 0.1) is 6.61 Å². The number of rotatable bonds is 21. The second kappa shape index (κ2) is 19.8. The molecule has 1 atom stereocenters. The van der Waals surface area contributed by atoms with Gasteiger partial charge in [0.2, 0.25) is 5.91 Å². The Balaban J connectivity index is 1.92. The number of nitrogens with two attached hydrogens (primary N) is 1. The van der Waals surface area contributed by atoms with Gasteiger partial charge in [-0.2, -0.15) is 0 Å². The maximum atomic E-state index is 12.2. The predicted octanol–water partition coefficient (Wildman–Crippen LogP) is 7.14. The lowest BCUT2D eigenvalue weighted by atomic mass is 9.99. The van der Waals surface area contributed by atoms with Gasteiger partial charge >= 0.3 is 5.97 Å². The van der Waals surface area contributed by atoms with Crippen LogP contribution in [-0.2, 0) is 20.7 Å². The van der Waals surface area contributed by atoms with Crippen LogP contribution in [0, 0.1) is 5.92 Å². The molecule has 0 radical (unpaired) electrons. The van der Waals surface area contributed by atoms with Crippen molar-refractivity contribution in [2.45, 2.75) is 116 Å². The van der Waals surface area contributed by atoms with Crippen molar-refractivity contribution in [2.75, 3.05) is 6.61 Å². The topological polar surface area (TPSA) is 69.4 Å². The summed E-state index contributed by atoms with van der Waals surface area (Å²) >= 11 is 0. The molecule has 1 unspecified atom stereocenters. The van der Waals surface area contributed by atoms with E-state index >= 15 is 0 Å². The fourth-order valence-corrected chi connectivity index (χ4v) is 4.07. The number of primary amides is 1. The zero-order chi connectivity index (χ0) is 23.3. The Bertz CT molecular complexity index is 588. The molecule has 1 aromatic rings. The fraction of sp³-hybridized carbons (Fsp3) is 0.714. The number of carbonyl (C=O) groups is 2. The highest BCUT2D eigenvalue weighted by Gasteiger charge is 2.26. The lowest BCUT2D eigenvalue weighted by molar-refractivity contribution is -0.151. The van der Waals surface area contributed by atoms with Crippen molar-refractivity contribution >= 4 is 11.9 Å². The number of hydrogen-bond donors (Lipinski definition) is 1. The fourth-order valence-electron chi connectivity index (χ4n) is 4.07. The van der Waals surface area contributed by atoms with Gasteiger partial charge in [-0.15, -0.1) is 0 Å². The van der Waals surface area contributed by atoms with Crippen LogP contribution in [0.1, 0.15) is 115 Å². The molecule has 0 saturated heterocycles. The van der Waals surface area contributed by atoms with Crippen molar-refractivity contribution in [1.82, 2.24) is 0 Å². The van der Waals surface area contributed by atoms with Crippen LogP contribution in [-0.4, -0.2) is 18.5 Å². The maximum absolute atomic E-state index is 12.2. The minimum Gasteiger partial charge on any atom is -0.465 e. The van der Waals surface area contributed by atoms with Gasteiger partial charge in [-0.25, -0.2) is 0 Å². The van der Waals surface area contributed by atoms with E-state index in [0.29, 0.717) is 13.0 Å². The highest BCUT2D eigenvalue weighted by molar-refractivity contribution is 5.97. The van der Waals surface area contributed by atoms with Crippen LogP contribution in [0.25, 0.3) is 0 Å². The zero-order valence-corrected chi connectivity index (χ0v) is 20.5. The van der Waals surface area contributed by atoms with Gasteiger partial charge in [0.15, 0.2) is 0 Å². The summed E-state index contributed by atoms with van der Waals surface area (Å²) < 4.78 is 5.32. The number of carbonyl (C=O) groups excluding carboxylic acids is 2. The number of ether oxygens (including phenoxy) is 1. The Labute approximate surface area is 196 Å². The van der Waals surface area contributed by atoms with Gasteiger partial charge in [-0.1, -0.05) is 134 Å². The van der Waals surface area contributed by atoms with Crippen molar-refractivity contribution in [3.05, 3.63) is 35.9 Å². The summed E-state index contributed by atoms with van der Waals surface area (Å²) in [6.45, 7) is 2.64. The largest absolute Gasteiger partial charge is 0.465 e. The molecular weight excluding hydrogens is 398 g/mol. The molecule has 32 heavy (non-hydrogen) atoms. The molecule has 1 rings (SSSR count). The third kappa shape index (κ3) is 15.0. The van der Waals surface area contributed by atoms with Crippen molar-refractivity contribution in [2.24, 2.45) is 11.7 Å². The van der Waals surface area contributed by atoms with Gasteiger partial charge in [0.1, 0.15) is 5.92 Å². The molecule has 0 saturated carbocycles. The molecule has 4 nitrogen and oxygen atoms in total. The molecule has 0 aromatic heterocycles. The third-order valence-corrected chi connectivity index (χ3v) is 6.15. The average molecular weight is 446 g/mol. The minimum absolute atomic E-state index is 0.300. The van der Waals surface area contributed by atoms with E-state index in [1.807, 2.05) is 30.3 Å². The van der Waals surface area contributed by atoms with E-state index in [4.69, 9.17) is 10.5 Å². The molecule has 0 bridgehead atoms. The van der Waals surface area contributed by atoms with E-state index in [1.165, 1.54) is 89.9 Å². The number of benzene rings is 1. The van der Waals surface area contributed by atoms with Crippen LogP contribution in [0.2, 0.25) is 0 Å². The van der Waals surface area contributed by atoms with Crippen molar-refractivity contribution < 1.29 is 14.3 Å². The summed E-state index contributed by atoms with van der Waals surface area (Å²) in [5, 5.41) is 0. The van der Waals surface area contributed by atoms with Gasteiger partial charge in [-0.3, -0.25) is 9.59 Å². The summed E-state index contributed by atoms with van der Waals surface area (Å²) in [4.78, 5) is 23.9. The first-order chi connectivity index (χ1) is 15.6. The monoisotopic (exact) mass is 445 g/mol. The first-order valence-corrected chi connectivity index (χ1v) is 13.1. The first kappa shape index (κ1) is 28.2. The molecule has 1 amide bonds. The van der Waals surface area contributed by atoms with Crippen LogP contribution in [0.15, 0.2) is 30.3 Å². The van der Waals surface area contributed by atoms with E-state index in [9.17, 15) is 9.59 Å². The Morgan fingerprint density at radius 1 is 0.719 bits per heavy atom. The predicted molar refractivity (Wildman–Crippen MR) is 133 cm³/mol. The number of esters is 1. The standard InChI is InChI=1S/C28H47NO3/c1-2-3-4-5-6-7-8-9-10-11-12-13-14-15-16-20-23-32-28(31)26(27(29)30)24-25-21-18-17-19-22-25/h17-19,21-22,26H,2-16,20,23-24H2,1H3,(H2,29,30). The number of amides is 1. The van der Waals surface area contributed by atoms with Gasteiger partial charge in [0, 0.05) is 0 Å². The Hall–Kier alpha value is -1.84. The van der Waals surface area contributed by atoms with Crippen LogP contribution in [0.3, 0.4) is 0 Å². The Morgan fingerprint density at radius 3 is 1.59 bits per heavy atom. The molecule has 0 heterocycles. The van der Waals surface area contributed by atoms with Crippen molar-refractivity contribution in [3.8, 4) is 0 Å². The normalized spacial score (nSPS) is 11.9. The molecule has 0 aliphatic rings. The van der Waals surface area contributed by atoms with E-state index < -0.39 is 17.8 Å². The maximum Gasteiger partial charge on any atom is 0.318 e. The van der Waals surface area contributed by atoms with Crippen LogP contribution >= 0.6 is 0 Å². The summed E-state index contributed by atoms with van der Waals surface area (Å²) in [5.74, 6) is -2.02. The summed E-state index contributed by atoms with van der Waals surface area (Å²) in [6, 6.07) is 9.44. The third-order valence-electron chi connectivity index (χ3n) is 6.15. The molecule has 0 fully saturated rings. The molecule has 4 heteroatoms. The van der Waals surface area contributed by atoms with Crippen molar-refractivity contribution in [3.63, 3.8) is 0 Å². The van der Waals surface area contributed by atoms with Crippen LogP contribution < -0.4 is 5.73 Å². The lowest BCUT2D eigenvalue weighted by Gasteiger charge is -2.13. The van der Waals surface area contributed by atoms with E-state index in [-0.39, 0.29) is 0 Å². The quantitative estimate of drug-likeness (QED) is 0.124. The van der Waals surface area contributed by atoms with Crippen LogP contribution in [0.5, 0.6) is 0 Å². The van der Waals surface area contributed by atoms with Crippen LogP contribution in [0.4, 0.5) is 0 Å². The molecule has 182 valence electrons. The number of unbranched alkanes of at least 4 members (excludes halogenated alkanes) is 15. The molecule has 0 spiro atoms. The molecule has 0 aliphatic carbocycles. The highest BCUT2D eigenvalue weighted by Crippen LogP contribution is 2.14. The molecule has 1 aromatic carbocycles. The highest BCUT2D eigenvalue weighted by atomic mass is 16.5. The van der Waals surface area contributed by atoms with E-state index in [2.05, 4.69) is 6.92 Å². The van der Waals surface area contributed by atoms with E-state index in [0.717, 1.165) is 18.4 Å². The smallest absolute Gasteiger partial charge is 0.318 e. The molecular formula is C28H47NO3. The number of hydrogen-bond acceptors (Lipinski definition) is 3. The van der Waals surface area contributed by atoms with Gasteiger partial charge in [-0.05, 0) is 18.4 Å². The summed E-state index contributed by atoms with van der Waals surface area (Å²) in [7, 11) is 0. The Morgan fingerprint density at radius 2 is 1.16 bits per heavy atom. The van der Waals surface area contributed by atoms with Gasteiger partial charge < -0.3 is 10.5 Å². The zero-order valence-electron chi connectivity index (χ0n) is 20.5. The molecule has 0 aliphatic heterocycles.